The lowest BCUT2D eigenvalue weighted by atomic mass is 9.48. The number of carbonyl (C=O) groups excluding carboxylic acids is 1. The zero-order valence-electron chi connectivity index (χ0n) is 10.9. The molecule has 0 aromatic rings. The van der Waals surface area contributed by atoms with Crippen LogP contribution in [-0.4, -0.2) is 28.6 Å². The number of fused-ring (bicyclic) bond motifs is 1. The molecule has 0 amide bonds. The van der Waals surface area contributed by atoms with E-state index in [4.69, 9.17) is 0 Å². The van der Waals surface area contributed by atoms with Crippen LogP contribution in [-0.2, 0) is 9.59 Å². The average Bonchev–Trinajstić information content (AvgIpc) is 2.32. The SMILES string of the molecule is C[C@]12CCC(=O)C=C1CC[C@@H](CO)[C@]2(C)C(=O)O. The molecule has 1 saturated carbocycles. The van der Waals surface area contributed by atoms with Crippen molar-refractivity contribution < 1.29 is 19.8 Å². The maximum atomic E-state index is 11.8. The van der Waals surface area contributed by atoms with Crippen molar-refractivity contribution in [2.45, 2.75) is 39.5 Å². The summed E-state index contributed by atoms with van der Waals surface area (Å²) in [5, 5.41) is 19.1. The van der Waals surface area contributed by atoms with E-state index in [0.29, 0.717) is 19.3 Å². The Morgan fingerprint density at radius 3 is 2.67 bits per heavy atom. The van der Waals surface area contributed by atoms with Crippen molar-refractivity contribution in [1.29, 1.82) is 0 Å². The number of aliphatic hydroxyl groups is 1. The van der Waals surface area contributed by atoms with Gasteiger partial charge in [-0.15, -0.1) is 0 Å². The van der Waals surface area contributed by atoms with E-state index < -0.39 is 16.8 Å². The van der Waals surface area contributed by atoms with E-state index >= 15 is 0 Å². The van der Waals surface area contributed by atoms with Gasteiger partial charge in [-0.1, -0.05) is 12.5 Å². The van der Waals surface area contributed by atoms with Crippen molar-refractivity contribution in [2.75, 3.05) is 6.61 Å². The van der Waals surface area contributed by atoms with Gasteiger partial charge in [0.15, 0.2) is 5.78 Å². The van der Waals surface area contributed by atoms with Crippen LogP contribution in [0.2, 0.25) is 0 Å². The second kappa shape index (κ2) is 4.19. The van der Waals surface area contributed by atoms with Gasteiger partial charge in [-0.05, 0) is 38.2 Å². The van der Waals surface area contributed by atoms with E-state index in [1.54, 1.807) is 13.0 Å². The Balaban J connectivity index is 2.54. The number of rotatable bonds is 2. The standard InChI is InChI=1S/C14H20O4/c1-13-6-5-11(16)7-9(13)3-4-10(8-15)14(13,2)12(17)18/h7,10,15H,3-6,8H2,1-2H3,(H,17,18)/t10-,13-,14+/m0/s1. The minimum Gasteiger partial charge on any atom is -0.481 e. The van der Waals surface area contributed by atoms with Gasteiger partial charge in [-0.25, -0.2) is 0 Å². The highest BCUT2D eigenvalue weighted by molar-refractivity contribution is 5.92. The largest absolute Gasteiger partial charge is 0.481 e. The van der Waals surface area contributed by atoms with E-state index in [1.165, 1.54) is 0 Å². The quantitative estimate of drug-likeness (QED) is 0.785. The second-order valence-corrected chi connectivity index (χ2v) is 5.89. The number of hydrogen-bond acceptors (Lipinski definition) is 3. The Labute approximate surface area is 107 Å². The van der Waals surface area contributed by atoms with Crippen molar-refractivity contribution in [3.05, 3.63) is 11.6 Å². The fourth-order valence-electron chi connectivity index (χ4n) is 3.65. The van der Waals surface area contributed by atoms with Crippen LogP contribution in [0.25, 0.3) is 0 Å². The summed E-state index contributed by atoms with van der Waals surface area (Å²) in [6.07, 6.45) is 3.96. The van der Waals surface area contributed by atoms with Gasteiger partial charge in [-0.3, -0.25) is 9.59 Å². The fourth-order valence-corrected chi connectivity index (χ4v) is 3.65. The van der Waals surface area contributed by atoms with Crippen LogP contribution < -0.4 is 0 Å². The molecule has 0 radical (unpaired) electrons. The number of carbonyl (C=O) groups is 2. The van der Waals surface area contributed by atoms with Crippen molar-refractivity contribution in [2.24, 2.45) is 16.7 Å². The third-order valence-corrected chi connectivity index (χ3v) is 5.30. The first-order chi connectivity index (χ1) is 8.36. The Hall–Kier alpha value is -1.16. The van der Waals surface area contributed by atoms with Crippen molar-refractivity contribution >= 4 is 11.8 Å². The highest BCUT2D eigenvalue weighted by Crippen LogP contribution is 2.59. The molecule has 100 valence electrons. The van der Waals surface area contributed by atoms with E-state index in [9.17, 15) is 19.8 Å². The van der Waals surface area contributed by atoms with Crippen LogP contribution in [0.3, 0.4) is 0 Å². The summed E-state index contributed by atoms with van der Waals surface area (Å²) in [7, 11) is 0. The predicted molar refractivity (Wildman–Crippen MR) is 66.0 cm³/mol. The molecule has 0 heterocycles. The lowest BCUT2D eigenvalue weighted by Gasteiger charge is -2.54. The fraction of sp³-hybridized carbons (Fsp3) is 0.714. The number of allylic oxidation sites excluding steroid dienone is 2. The molecule has 0 bridgehead atoms. The first-order valence-corrected chi connectivity index (χ1v) is 6.44. The smallest absolute Gasteiger partial charge is 0.310 e. The van der Waals surface area contributed by atoms with Gasteiger partial charge < -0.3 is 10.2 Å². The molecule has 0 aliphatic heterocycles. The van der Waals surface area contributed by atoms with Gasteiger partial charge in [0.05, 0.1) is 5.41 Å². The van der Waals surface area contributed by atoms with Crippen LogP contribution in [0, 0.1) is 16.7 Å². The number of ketones is 1. The molecular weight excluding hydrogens is 232 g/mol. The van der Waals surface area contributed by atoms with E-state index in [0.717, 1.165) is 12.0 Å². The Morgan fingerprint density at radius 2 is 2.11 bits per heavy atom. The first kappa shape index (κ1) is 13.3. The molecule has 2 N–H and O–H groups in total. The highest BCUT2D eigenvalue weighted by atomic mass is 16.4. The van der Waals surface area contributed by atoms with Crippen LogP contribution in [0.1, 0.15) is 39.5 Å². The molecule has 2 aliphatic rings. The van der Waals surface area contributed by atoms with Crippen molar-refractivity contribution in [3.63, 3.8) is 0 Å². The molecule has 3 atom stereocenters. The number of carboxylic acid groups (broad SMARTS) is 1. The molecule has 0 unspecified atom stereocenters. The lowest BCUT2D eigenvalue weighted by molar-refractivity contribution is -0.166. The van der Waals surface area contributed by atoms with E-state index in [2.05, 4.69) is 0 Å². The summed E-state index contributed by atoms with van der Waals surface area (Å²) < 4.78 is 0. The average molecular weight is 252 g/mol. The van der Waals surface area contributed by atoms with E-state index in [-0.39, 0.29) is 18.3 Å². The molecule has 18 heavy (non-hydrogen) atoms. The second-order valence-electron chi connectivity index (χ2n) is 5.89. The normalized spacial score (nSPS) is 40.1. The molecule has 2 aliphatic carbocycles. The molecule has 0 spiro atoms. The molecule has 4 nitrogen and oxygen atoms in total. The third kappa shape index (κ3) is 1.55. The zero-order valence-corrected chi connectivity index (χ0v) is 10.9. The van der Waals surface area contributed by atoms with Crippen molar-refractivity contribution in [3.8, 4) is 0 Å². The molecule has 4 heteroatoms. The molecule has 1 fully saturated rings. The number of carboxylic acids is 1. The zero-order chi connectivity index (χ0) is 13.6. The summed E-state index contributed by atoms with van der Waals surface area (Å²) in [5.41, 5.74) is -0.557. The summed E-state index contributed by atoms with van der Waals surface area (Å²) >= 11 is 0. The van der Waals surface area contributed by atoms with Crippen molar-refractivity contribution in [1.82, 2.24) is 0 Å². The van der Waals surface area contributed by atoms with Gasteiger partial charge in [0, 0.05) is 18.4 Å². The van der Waals surface area contributed by atoms with Gasteiger partial charge in [0.25, 0.3) is 0 Å². The van der Waals surface area contributed by atoms with Gasteiger partial charge >= 0.3 is 5.97 Å². The number of hydrogen-bond donors (Lipinski definition) is 2. The number of aliphatic carboxylic acids is 1. The van der Waals surface area contributed by atoms with Crippen LogP contribution in [0.15, 0.2) is 11.6 Å². The topological polar surface area (TPSA) is 74.6 Å². The first-order valence-electron chi connectivity index (χ1n) is 6.44. The summed E-state index contributed by atoms with van der Waals surface area (Å²) in [4.78, 5) is 23.3. The summed E-state index contributed by atoms with van der Waals surface area (Å²) in [5.74, 6) is -1.02. The Morgan fingerprint density at radius 1 is 1.44 bits per heavy atom. The van der Waals surface area contributed by atoms with Crippen LogP contribution in [0.4, 0.5) is 0 Å². The minimum absolute atomic E-state index is 0.0951. The highest BCUT2D eigenvalue weighted by Gasteiger charge is 2.59. The Bertz CT molecular complexity index is 426. The Kier molecular flexibility index (Phi) is 3.09. The molecule has 0 saturated heterocycles. The predicted octanol–water partition coefficient (Wildman–Crippen LogP) is 1.78. The maximum absolute atomic E-state index is 11.8. The van der Waals surface area contributed by atoms with E-state index in [1.807, 2.05) is 6.92 Å². The van der Waals surface area contributed by atoms with Gasteiger partial charge in [0.1, 0.15) is 0 Å². The molecule has 2 rings (SSSR count). The summed E-state index contributed by atoms with van der Waals surface area (Å²) in [6.45, 7) is 3.54. The summed E-state index contributed by atoms with van der Waals surface area (Å²) in [6, 6.07) is 0. The van der Waals surface area contributed by atoms with Gasteiger partial charge in [0.2, 0.25) is 0 Å². The molecule has 0 aromatic carbocycles. The maximum Gasteiger partial charge on any atom is 0.310 e. The van der Waals surface area contributed by atoms with Gasteiger partial charge in [-0.2, -0.15) is 0 Å². The monoisotopic (exact) mass is 252 g/mol. The van der Waals surface area contributed by atoms with Crippen LogP contribution >= 0.6 is 0 Å². The lowest BCUT2D eigenvalue weighted by Crippen LogP contribution is -2.55. The molecular formula is C14H20O4. The third-order valence-electron chi connectivity index (χ3n) is 5.30. The van der Waals surface area contributed by atoms with Crippen LogP contribution in [0.5, 0.6) is 0 Å². The number of aliphatic hydroxyl groups excluding tert-OH is 1. The molecule has 0 aromatic heterocycles. The minimum atomic E-state index is -0.994.